The second-order valence-electron chi connectivity index (χ2n) is 7.14. The van der Waals surface area contributed by atoms with E-state index >= 15 is 0 Å². The number of halogens is 3. The van der Waals surface area contributed by atoms with Gasteiger partial charge in [-0.2, -0.15) is 13.2 Å². The van der Waals surface area contributed by atoms with Gasteiger partial charge in [-0.1, -0.05) is 0 Å². The summed E-state index contributed by atoms with van der Waals surface area (Å²) in [4.78, 5) is 17.5. The molecule has 1 aliphatic rings. The average molecular weight is 360 g/mol. The summed E-state index contributed by atoms with van der Waals surface area (Å²) in [5.74, 6) is -0.419. The van der Waals surface area contributed by atoms with E-state index in [0.717, 1.165) is 6.07 Å². The minimum atomic E-state index is -4.52. The van der Waals surface area contributed by atoms with Crippen molar-refractivity contribution in [2.24, 2.45) is 0 Å². The van der Waals surface area contributed by atoms with Crippen molar-refractivity contribution in [1.82, 2.24) is 9.88 Å². The highest BCUT2D eigenvalue weighted by Crippen LogP contribution is 2.36. The molecule has 0 aromatic carbocycles. The first-order valence-electron chi connectivity index (χ1n) is 8.16. The van der Waals surface area contributed by atoms with Crippen molar-refractivity contribution < 1.29 is 27.4 Å². The van der Waals surface area contributed by atoms with Gasteiger partial charge in [0.25, 0.3) is 0 Å². The Hall–Kier alpha value is -1.99. The van der Waals surface area contributed by atoms with E-state index in [1.165, 1.54) is 12.3 Å². The predicted octanol–water partition coefficient (Wildman–Crippen LogP) is 4.27. The Morgan fingerprint density at radius 2 is 2.00 bits per heavy atom. The van der Waals surface area contributed by atoms with Crippen molar-refractivity contribution in [2.45, 2.75) is 64.5 Å². The molecular weight excluding hydrogens is 337 g/mol. The van der Waals surface area contributed by atoms with Crippen molar-refractivity contribution in [3.05, 3.63) is 23.9 Å². The van der Waals surface area contributed by atoms with Gasteiger partial charge in [0.05, 0.1) is 0 Å². The van der Waals surface area contributed by atoms with Crippen molar-refractivity contribution in [3.8, 4) is 5.88 Å². The summed E-state index contributed by atoms with van der Waals surface area (Å²) in [7, 11) is 0. The summed E-state index contributed by atoms with van der Waals surface area (Å²) in [5, 5.41) is 0. The van der Waals surface area contributed by atoms with E-state index in [0.29, 0.717) is 19.4 Å². The van der Waals surface area contributed by atoms with Crippen LogP contribution in [-0.4, -0.2) is 40.3 Å². The third-order valence-corrected chi connectivity index (χ3v) is 3.81. The number of hydrogen-bond donors (Lipinski definition) is 0. The number of likely N-dealkylation sites (tertiary alicyclic amines) is 1. The van der Waals surface area contributed by atoms with Gasteiger partial charge in [-0.25, -0.2) is 9.78 Å². The molecule has 1 aliphatic heterocycles. The largest absolute Gasteiger partial charge is 0.474 e. The monoisotopic (exact) mass is 360 g/mol. The maximum atomic E-state index is 13.0. The molecule has 0 aliphatic carbocycles. The topological polar surface area (TPSA) is 51.7 Å². The molecule has 0 radical (unpaired) electrons. The molecule has 140 valence electrons. The first-order valence-corrected chi connectivity index (χ1v) is 8.16. The zero-order valence-electron chi connectivity index (χ0n) is 14.8. The maximum absolute atomic E-state index is 13.0. The smallest absolute Gasteiger partial charge is 0.421 e. The molecule has 0 spiro atoms. The fourth-order valence-corrected chi connectivity index (χ4v) is 2.69. The number of nitrogens with zero attached hydrogens (tertiary/aromatic N) is 2. The number of hydrogen-bond acceptors (Lipinski definition) is 4. The Kier molecular flexibility index (Phi) is 5.49. The van der Waals surface area contributed by atoms with Crippen LogP contribution in [-0.2, 0) is 10.9 Å². The van der Waals surface area contributed by atoms with Crippen LogP contribution in [0, 0.1) is 0 Å². The first kappa shape index (κ1) is 19.3. The predicted molar refractivity (Wildman–Crippen MR) is 85.3 cm³/mol. The highest BCUT2D eigenvalue weighted by molar-refractivity contribution is 5.68. The first-order chi connectivity index (χ1) is 11.5. The van der Waals surface area contributed by atoms with Crippen LogP contribution >= 0.6 is 0 Å². The van der Waals surface area contributed by atoms with E-state index in [-0.39, 0.29) is 6.04 Å². The minimum Gasteiger partial charge on any atom is -0.474 e. The summed E-state index contributed by atoms with van der Waals surface area (Å²) in [6.45, 7) is 7.53. The average Bonchev–Trinajstić information content (AvgIpc) is 2.44. The third kappa shape index (κ3) is 5.24. The SMILES string of the molecule is C[C@@H]1C[C@H](Oc2ncccc2C(F)(F)F)CCN1C(=O)OC(C)(C)C. The quantitative estimate of drug-likeness (QED) is 0.790. The van der Waals surface area contributed by atoms with Gasteiger partial charge in [0.15, 0.2) is 0 Å². The van der Waals surface area contributed by atoms with E-state index in [9.17, 15) is 18.0 Å². The molecule has 1 saturated heterocycles. The lowest BCUT2D eigenvalue weighted by Gasteiger charge is -2.38. The van der Waals surface area contributed by atoms with Crippen molar-refractivity contribution in [3.63, 3.8) is 0 Å². The molecule has 2 rings (SSSR count). The van der Waals surface area contributed by atoms with Crippen LogP contribution in [0.2, 0.25) is 0 Å². The number of alkyl halides is 3. The summed E-state index contributed by atoms with van der Waals surface area (Å²) >= 11 is 0. The zero-order valence-corrected chi connectivity index (χ0v) is 14.8. The fraction of sp³-hybridized carbons (Fsp3) is 0.647. The van der Waals surface area contributed by atoms with E-state index in [1.807, 2.05) is 6.92 Å². The summed E-state index contributed by atoms with van der Waals surface area (Å²) in [6.07, 6.45) is -3.29. The van der Waals surface area contributed by atoms with Gasteiger partial charge >= 0.3 is 12.3 Å². The molecule has 1 amide bonds. The second-order valence-corrected chi connectivity index (χ2v) is 7.14. The molecule has 1 aromatic rings. The number of piperidine rings is 1. The number of aromatic nitrogens is 1. The van der Waals surface area contributed by atoms with Crippen LogP contribution in [0.3, 0.4) is 0 Å². The molecule has 25 heavy (non-hydrogen) atoms. The Bertz CT molecular complexity index is 614. The Morgan fingerprint density at radius 3 is 2.56 bits per heavy atom. The minimum absolute atomic E-state index is 0.202. The van der Waals surface area contributed by atoms with Crippen LogP contribution in [0.5, 0.6) is 5.88 Å². The number of carbonyl (C=O) groups is 1. The lowest BCUT2D eigenvalue weighted by molar-refractivity contribution is -0.139. The van der Waals surface area contributed by atoms with Crippen LogP contribution in [0.25, 0.3) is 0 Å². The molecule has 8 heteroatoms. The van der Waals surface area contributed by atoms with Gasteiger partial charge in [-0.05, 0) is 39.8 Å². The van der Waals surface area contributed by atoms with E-state index in [1.54, 1.807) is 25.7 Å². The second kappa shape index (κ2) is 7.09. The van der Waals surface area contributed by atoms with Gasteiger partial charge in [0, 0.05) is 31.6 Å². The van der Waals surface area contributed by atoms with Crippen LogP contribution in [0.1, 0.15) is 46.1 Å². The third-order valence-electron chi connectivity index (χ3n) is 3.81. The van der Waals surface area contributed by atoms with Gasteiger partial charge in [-0.15, -0.1) is 0 Å². The summed E-state index contributed by atoms with van der Waals surface area (Å²) in [6, 6.07) is 1.97. The molecule has 0 N–H and O–H groups in total. The summed E-state index contributed by atoms with van der Waals surface area (Å²) < 4.78 is 49.9. The number of carbonyl (C=O) groups excluding carboxylic acids is 1. The van der Waals surface area contributed by atoms with E-state index < -0.39 is 35.4 Å². The highest BCUT2D eigenvalue weighted by Gasteiger charge is 2.37. The lowest BCUT2D eigenvalue weighted by atomic mass is 10.0. The van der Waals surface area contributed by atoms with Gasteiger partial charge in [0.2, 0.25) is 5.88 Å². The van der Waals surface area contributed by atoms with Gasteiger partial charge in [0.1, 0.15) is 17.3 Å². The highest BCUT2D eigenvalue weighted by atomic mass is 19.4. The van der Waals surface area contributed by atoms with Crippen LogP contribution < -0.4 is 4.74 Å². The Balaban J connectivity index is 2.02. The molecule has 1 fully saturated rings. The molecule has 2 heterocycles. The van der Waals surface area contributed by atoms with Crippen molar-refractivity contribution in [1.29, 1.82) is 0 Å². The number of ether oxygens (including phenoxy) is 2. The summed E-state index contributed by atoms with van der Waals surface area (Å²) in [5.41, 5.74) is -1.49. The molecule has 0 unspecified atom stereocenters. The number of pyridine rings is 1. The molecule has 2 atom stereocenters. The number of rotatable bonds is 2. The lowest BCUT2D eigenvalue weighted by Crippen LogP contribution is -2.49. The van der Waals surface area contributed by atoms with Crippen molar-refractivity contribution >= 4 is 6.09 Å². The zero-order chi connectivity index (χ0) is 18.8. The Morgan fingerprint density at radius 1 is 1.32 bits per heavy atom. The molecule has 5 nitrogen and oxygen atoms in total. The van der Waals surface area contributed by atoms with Crippen molar-refractivity contribution in [2.75, 3.05) is 6.54 Å². The molecule has 0 saturated carbocycles. The van der Waals surface area contributed by atoms with Crippen LogP contribution in [0.15, 0.2) is 18.3 Å². The molecule has 0 bridgehead atoms. The van der Waals surface area contributed by atoms with Crippen LogP contribution in [0.4, 0.5) is 18.0 Å². The maximum Gasteiger partial charge on any atom is 0.421 e. The van der Waals surface area contributed by atoms with Gasteiger partial charge < -0.3 is 14.4 Å². The van der Waals surface area contributed by atoms with E-state index in [4.69, 9.17) is 9.47 Å². The normalized spacial score (nSPS) is 21.8. The Labute approximate surface area is 145 Å². The molecule has 1 aromatic heterocycles. The fourth-order valence-electron chi connectivity index (χ4n) is 2.69. The number of amides is 1. The van der Waals surface area contributed by atoms with E-state index in [2.05, 4.69) is 4.98 Å². The standard InChI is InChI=1S/C17H23F3N2O3/c1-11-10-12(7-9-22(11)15(23)25-16(2,3)4)24-14-13(17(18,19)20)6-5-8-21-14/h5-6,8,11-12H,7,9-10H2,1-4H3/t11-,12-/m1/s1. The molecular formula is C17H23F3N2O3. The van der Waals surface area contributed by atoms with Gasteiger partial charge in [-0.3, -0.25) is 0 Å².